The van der Waals surface area contributed by atoms with Crippen molar-refractivity contribution in [3.05, 3.63) is 144 Å². The van der Waals surface area contributed by atoms with Gasteiger partial charge in [-0.25, -0.2) is 19.9 Å². The Morgan fingerprint density at radius 1 is 0.263 bits per heavy atom. The van der Waals surface area contributed by atoms with Crippen LogP contribution < -0.4 is 0 Å². The number of hydrogen-bond acceptors (Lipinski definition) is 18. The molecule has 18 nitrogen and oxygen atoms in total. The van der Waals surface area contributed by atoms with Crippen LogP contribution in [-0.2, 0) is 79.5 Å². The van der Waals surface area contributed by atoms with Crippen molar-refractivity contribution >= 4 is 0 Å². The van der Waals surface area contributed by atoms with Crippen LogP contribution in [-0.4, -0.2) is 192 Å². The lowest BCUT2D eigenvalue weighted by molar-refractivity contribution is -0.0206. The van der Waals surface area contributed by atoms with Crippen molar-refractivity contribution in [3.8, 4) is 35.5 Å². The van der Waals surface area contributed by atoms with E-state index in [4.69, 9.17) is 66.3 Å². The zero-order valence-electron chi connectivity index (χ0n) is 43.8. The molecule has 0 aromatic carbocycles. The van der Waals surface area contributed by atoms with Crippen molar-refractivity contribution in [1.82, 2.24) is 19.9 Å². The first-order chi connectivity index (χ1) is 37.7. The molecule has 0 fully saturated rings. The molecule has 410 valence electrons. The smallest absolute Gasteiger partial charge is 0.115 e. The van der Waals surface area contributed by atoms with Crippen molar-refractivity contribution in [3.63, 3.8) is 0 Å². The molecule has 0 amide bonds. The molecule has 4 aromatic heterocycles. The Balaban J connectivity index is 1.02. The molecule has 0 bridgehead atoms. The predicted molar refractivity (Wildman–Crippen MR) is 284 cm³/mol. The molecular weight excluding hydrogens is 977 g/mol. The quantitative estimate of drug-likeness (QED) is 0.0325. The maximum atomic E-state index is 5.76. The lowest BCUT2D eigenvalue weighted by atomic mass is 10.2. The minimum atomic E-state index is 0.331. The summed E-state index contributed by atoms with van der Waals surface area (Å²) in [4.78, 5) is 18.4. The second-order valence-electron chi connectivity index (χ2n) is 15.6. The fourth-order valence-electron chi connectivity index (χ4n) is 5.91. The highest BCUT2D eigenvalue weighted by Gasteiger charge is 2.02. The van der Waals surface area contributed by atoms with Crippen molar-refractivity contribution in [1.29, 1.82) is 0 Å². The first-order valence-corrected chi connectivity index (χ1v) is 25.4. The Hall–Kier alpha value is -5.80. The number of hydrogen-bond donors (Lipinski definition) is 0. The van der Waals surface area contributed by atoms with Gasteiger partial charge in [0, 0.05) is 0 Å². The highest BCUT2D eigenvalue weighted by molar-refractivity contribution is 5.43. The number of nitrogens with zero attached hydrogens (tertiary/aromatic N) is 4. The fourth-order valence-corrected chi connectivity index (χ4v) is 5.91. The molecule has 0 aliphatic heterocycles. The first-order valence-electron chi connectivity index (χ1n) is 25.4. The summed E-state index contributed by atoms with van der Waals surface area (Å²) in [5.41, 5.74) is 4.96. The Bertz CT molecular complexity index is 2180. The first kappa shape index (κ1) is 62.7. The van der Waals surface area contributed by atoms with Crippen LogP contribution in [0.5, 0.6) is 0 Å². The summed E-state index contributed by atoms with van der Waals surface area (Å²) in [6, 6.07) is 22.3. The third kappa shape index (κ3) is 34.0. The molecule has 4 rings (SSSR count). The largest absolute Gasteiger partial charge is 0.377 e. The van der Waals surface area contributed by atoms with Gasteiger partial charge in [0.2, 0.25) is 0 Å². The predicted octanol–water partition coefficient (Wildman–Crippen LogP) is 5.07. The average molecular weight is 1050 g/mol. The number of pyridine rings is 4. The van der Waals surface area contributed by atoms with Gasteiger partial charge in [0.05, 0.1) is 196 Å². The minimum absolute atomic E-state index is 0.331. The second kappa shape index (κ2) is 45.4. The van der Waals surface area contributed by atoms with Gasteiger partial charge < -0.3 is 66.3 Å². The van der Waals surface area contributed by atoms with Crippen LogP contribution in [0.25, 0.3) is 0 Å². The van der Waals surface area contributed by atoms with Gasteiger partial charge >= 0.3 is 0 Å². The molecule has 76 heavy (non-hydrogen) atoms. The van der Waals surface area contributed by atoms with Gasteiger partial charge in [0.15, 0.2) is 0 Å². The molecule has 0 atom stereocenters. The Labute approximate surface area is 449 Å². The lowest BCUT2D eigenvalue weighted by Crippen LogP contribution is -2.14. The monoisotopic (exact) mass is 1050 g/mol. The van der Waals surface area contributed by atoms with Crippen LogP contribution in [0.4, 0.5) is 0 Å². The van der Waals surface area contributed by atoms with E-state index in [0.29, 0.717) is 219 Å². The molecule has 0 radical (unpaired) electrons. The van der Waals surface area contributed by atoms with Crippen LogP contribution in [0.15, 0.2) is 98.1 Å². The summed E-state index contributed by atoms with van der Waals surface area (Å²) in [5.74, 6) is 18.5. The van der Waals surface area contributed by atoms with Gasteiger partial charge in [0.1, 0.15) is 34.2 Å². The molecule has 0 spiro atoms. The van der Waals surface area contributed by atoms with E-state index in [1.165, 1.54) is 0 Å². The number of rotatable bonds is 44. The van der Waals surface area contributed by atoms with Gasteiger partial charge in [-0.2, -0.15) is 0 Å². The molecule has 0 unspecified atom stereocenters. The van der Waals surface area contributed by atoms with Crippen molar-refractivity contribution in [2.45, 2.75) is 13.2 Å². The van der Waals surface area contributed by atoms with E-state index in [1.807, 2.05) is 72.8 Å². The van der Waals surface area contributed by atoms with E-state index < -0.39 is 0 Å². The molecule has 4 heterocycles. The standard InChI is InChI=1S/C58H74N4O14/c1-3-23-63-25-27-65-29-31-67-33-35-69-37-39-71-41-43-73-45-47-75-49-57-15-7-13-55(61-57)21-19-53-11-5-9-51(59-53)17-18-52-10-6-12-54(60-52)20-22-56-14-8-16-58(62-56)50-76-48-46-74-44-42-72-40-38-70-36-34-68-32-30-66-28-26-64-24-4-2/h3-16H,1-2,23-50H2. The average Bonchev–Trinajstić information content (AvgIpc) is 3.44. The molecule has 0 aliphatic rings. The van der Waals surface area contributed by atoms with Gasteiger partial charge in [-0.05, 0) is 84.1 Å². The van der Waals surface area contributed by atoms with Crippen LogP contribution in [0, 0.1) is 35.5 Å². The molecule has 0 aliphatic carbocycles. The SMILES string of the molecule is C=CCOCCOCCOCCOCCOCCOCCOCc1cccc(C#Cc2cccc(C#Cc3cccc(C#Cc4cccc(COCCOCCOCCOCCOCCOCCOCC=C)n4)n3)n2)n1. The Morgan fingerprint density at radius 2 is 0.461 bits per heavy atom. The summed E-state index contributed by atoms with van der Waals surface area (Å²) in [6.07, 6.45) is 3.42. The topological polar surface area (TPSA) is 181 Å². The van der Waals surface area contributed by atoms with E-state index in [1.54, 1.807) is 12.2 Å². The van der Waals surface area contributed by atoms with Crippen LogP contribution in [0.2, 0.25) is 0 Å². The zero-order valence-corrected chi connectivity index (χ0v) is 43.8. The van der Waals surface area contributed by atoms with Crippen LogP contribution >= 0.6 is 0 Å². The van der Waals surface area contributed by atoms with Crippen molar-refractivity contribution < 1.29 is 66.3 Å². The number of aromatic nitrogens is 4. The van der Waals surface area contributed by atoms with E-state index in [2.05, 4.69) is 68.6 Å². The van der Waals surface area contributed by atoms with Crippen LogP contribution in [0.3, 0.4) is 0 Å². The van der Waals surface area contributed by atoms with Crippen molar-refractivity contribution in [2.24, 2.45) is 0 Å². The summed E-state index contributed by atoms with van der Waals surface area (Å²) < 4.78 is 77.1. The normalized spacial score (nSPS) is 10.8. The Kier molecular flexibility index (Phi) is 37.5. The van der Waals surface area contributed by atoms with E-state index in [9.17, 15) is 0 Å². The van der Waals surface area contributed by atoms with E-state index >= 15 is 0 Å². The zero-order chi connectivity index (χ0) is 53.3. The van der Waals surface area contributed by atoms with Crippen molar-refractivity contribution in [2.75, 3.05) is 172 Å². The van der Waals surface area contributed by atoms with Gasteiger partial charge in [-0.1, -0.05) is 36.4 Å². The van der Waals surface area contributed by atoms with E-state index in [0.717, 1.165) is 11.4 Å². The minimum Gasteiger partial charge on any atom is -0.377 e. The fraction of sp³-hybridized carbons (Fsp3) is 0.483. The summed E-state index contributed by atoms with van der Waals surface area (Å²) >= 11 is 0. The number of ether oxygens (including phenoxy) is 14. The third-order valence-corrected chi connectivity index (χ3v) is 9.50. The molecule has 18 heteroatoms. The molecule has 0 saturated heterocycles. The lowest BCUT2D eigenvalue weighted by Gasteiger charge is -2.08. The third-order valence-electron chi connectivity index (χ3n) is 9.50. The van der Waals surface area contributed by atoms with Gasteiger partial charge in [-0.15, -0.1) is 13.2 Å². The van der Waals surface area contributed by atoms with Gasteiger partial charge in [0.25, 0.3) is 0 Å². The van der Waals surface area contributed by atoms with Gasteiger partial charge in [-0.3, -0.25) is 0 Å². The maximum Gasteiger partial charge on any atom is 0.115 e. The summed E-state index contributed by atoms with van der Waals surface area (Å²) in [5, 5.41) is 0. The second-order valence-corrected chi connectivity index (χ2v) is 15.6. The van der Waals surface area contributed by atoms with E-state index in [-0.39, 0.29) is 0 Å². The summed E-state index contributed by atoms with van der Waals surface area (Å²) in [6.45, 7) is 20.7. The molecular formula is C58H74N4O14. The molecule has 0 N–H and O–H groups in total. The molecule has 0 saturated carbocycles. The highest BCUT2D eigenvalue weighted by atomic mass is 16.6. The maximum absolute atomic E-state index is 5.76. The van der Waals surface area contributed by atoms with Crippen LogP contribution in [0.1, 0.15) is 45.6 Å². The highest BCUT2D eigenvalue weighted by Crippen LogP contribution is 2.05. The summed E-state index contributed by atoms with van der Waals surface area (Å²) in [7, 11) is 0. The Morgan fingerprint density at radius 3 is 0.697 bits per heavy atom. The molecule has 4 aromatic rings.